The van der Waals surface area contributed by atoms with Gasteiger partial charge in [0.15, 0.2) is 0 Å². The molecular formula is C18H22N2O. The van der Waals surface area contributed by atoms with E-state index in [2.05, 4.69) is 34.6 Å². The zero-order chi connectivity index (χ0) is 14.5. The van der Waals surface area contributed by atoms with E-state index >= 15 is 0 Å². The molecule has 3 rings (SSSR count). The third-order valence-electron chi connectivity index (χ3n) is 4.15. The Bertz CT molecular complexity index is 583. The molecule has 1 aliphatic heterocycles. The molecule has 1 aromatic heterocycles. The highest BCUT2D eigenvalue weighted by Gasteiger charge is 2.13. The number of benzene rings is 1. The predicted octanol–water partition coefficient (Wildman–Crippen LogP) is 2.78. The number of ether oxygens (including phenoxy) is 1. The third kappa shape index (κ3) is 3.61. The lowest BCUT2D eigenvalue weighted by atomic mass is 9.98. The molecule has 110 valence electrons. The minimum Gasteiger partial charge on any atom is -0.493 e. The molecule has 1 atom stereocenters. The number of likely N-dealkylation sites (N-methyl/N-ethyl adjacent to an activating group) is 1. The van der Waals surface area contributed by atoms with Gasteiger partial charge in [-0.1, -0.05) is 18.2 Å². The largest absolute Gasteiger partial charge is 0.493 e. The summed E-state index contributed by atoms with van der Waals surface area (Å²) in [4.78, 5) is 4.19. The Balaban J connectivity index is 1.58. The number of aryl methyl sites for hydroxylation is 1. The molecule has 0 bridgehead atoms. The van der Waals surface area contributed by atoms with Gasteiger partial charge in [-0.05, 0) is 55.1 Å². The number of nitrogens with one attached hydrogen (secondary N) is 1. The molecular weight excluding hydrogens is 260 g/mol. The minimum absolute atomic E-state index is 0.485. The van der Waals surface area contributed by atoms with E-state index in [0.29, 0.717) is 6.04 Å². The van der Waals surface area contributed by atoms with Gasteiger partial charge in [-0.2, -0.15) is 0 Å². The minimum atomic E-state index is 0.485. The van der Waals surface area contributed by atoms with Crippen LogP contribution in [0.3, 0.4) is 0 Å². The molecule has 1 unspecified atom stereocenters. The summed E-state index contributed by atoms with van der Waals surface area (Å²) in [6.07, 6.45) is 8.08. The van der Waals surface area contributed by atoms with Crippen molar-refractivity contribution in [1.82, 2.24) is 10.3 Å². The zero-order valence-electron chi connectivity index (χ0n) is 12.5. The van der Waals surface area contributed by atoms with Crippen LogP contribution in [0.25, 0.3) is 0 Å². The van der Waals surface area contributed by atoms with Crippen LogP contribution in [0.1, 0.15) is 23.1 Å². The number of hydrogen-bond acceptors (Lipinski definition) is 3. The summed E-state index contributed by atoms with van der Waals surface area (Å²) in [7, 11) is 2.04. The van der Waals surface area contributed by atoms with E-state index in [1.807, 2.05) is 25.5 Å². The average Bonchev–Trinajstić information content (AvgIpc) is 3.00. The van der Waals surface area contributed by atoms with Crippen molar-refractivity contribution in [2.24, 2.45) is 0 Å². The quantitative estimate of drug-likeness (QED) is 0.884. The number of pyridine rings is 1. The molecule has 0 fully saturated rings. The second kappa shape index (κ2) is 6.72. The summed E-state index contributed by atoms with van der Waals surface area (Å²) < 4.78 is 5.56. The fourth-order valence-electron chi connectivity index (χ4n) is 2.89. The molecule has 0 amide bonds. The highest BCUT2D eigenvalue weighted by atomic mass is 16.5. The molecule has 21 heavy (non-hydrogen) atoms. The fraction of sp³-hybridized carbons (Fsp3) is 0.389. The lowest BCUT2D eigenvalue weighted by molar-refractivity contribution is 0.357. The Kier molecular flexibility index (Phi) is 4.51. The number of aromatic nitrogens is 1. The first kappa shape index (κ1) is 14.1. The third-order valence-corrected chi connectivity index (χ3v) is 4.15. The van der Waals surface area contributed by atoms with Crippen molar-refractivity contribution in [3.8, 4) is 5.75 Å². The van der Waals surface area contributed by atoms with Crippen molar-refractivity contribution < 1.29 is 4.74 Å². The van der Waals surface area contributed by atoms with Crippen LogP contribution in [-0.2, 0) is 19.3 Å². The summed E-state index contributed by atoms with van der Waals surface area (Å²) in [5.74, 6) is 1.07. The smallest absolute Gasteiger partial charge is 0.122 e. The Morgan fingerprint density at radius 3 is 3.05 bits per heavy atom. The zero-order valence-corrected chi connectivity index (χ0v) is 12.5. The number of fused-ring (bicyclic) bond motifs is 1. The van der Waals surface area contributed by atoms with Gasteiger partial charge in [0.2, 0.25) is 0 Å². The molecule has 1 aromatic carbocycles. The van der Waals surface area contributed by atoms with Crippen molar-refractivity contribution in [1.29, 1.82) is 0 Å². The van der Waals surface area contributed by atoms with E-state index in [-0.39, 0.29) is 0 Å². The monoisotopic (exact) mass is 282 g/mol. The van der Waals surface area contributed by atoms with E-state index < -0.39 is 0 Å². The lowest BCUT2D eigenvalue weighted by Crippen LogP contribution is -2.28. The normalized spacial score (nSPS) is 14.5. The van der Waals surface area contributed by atoms with Gasteiger partial charge in [0.25, 0.3) is 0 Å². The first-order valence-electron chi connectivity index (χ1n) is 7.66. The maximum absolute atomic E-state index is 5.56. The Morgan fingerprint density at radius 1 is 1.29 bits per heavy atom. The first-order valence-corrected chi connectivity index (χ1v) is 7.66. The second-order valence-corrected chi connectivity index (χ2v) is 5.63. The Hall–Kier alpha value is -1.87. The van der Waals surface area contributed by atoms with Gasteiger partial charge in [-0.3, -0.25) is 4.98 Å². The fourth-order valence-corrected chi connectivity index (χ4v) is 2.89. The van der Waals surface area contributed by atoms with Crippen LogP contribution in [0.2, 0.25) is 0 Å². The molecule has 2 aromatic rings. The van der Waals surface area contributed by atoms with Gasteiger partial charge in [0, 0.05) is 24.9 Å². The van der Waals surface area contributed by atoms with Gasteiger partial charge in [0.05, 0.1) is 6.61 Å². The van der Waals surface area contributed by atoms with Crippen LogP contribution in [0.4, 0.5) is 0 Å². The van der Waals surface area contributed by atoms with Gasteiger partial charge in [0.1, 0.15) is 5.75 Å². The highest BCUT2D eigenvalue weighted by molar-refractivity contribution is 5.39. The summed E-state index contributed by atoms with van der Waals surface area (Å²) in [6, 6.07) is 11.2. The Labute approximate surface area is 126 Å². The van der Waals surface area contributed by atoms with E-state index in [1.54, 1.807) is 0 Å². The van der Waals surface area contributed by atoms with E-state index in [0.717, 1.165) is 38.0 Å². The molecule has 3 nitrogen and oxygen atoms in total. The van der Waals surface area contributed by atoms with Crippen molar-refractivity contribution in [2.45, 2.75) is 31.7 Å². The summed E-state index contributed by atoms with van der Waals surface area (Å²) in [5.41, 5.74) is 4.06. The first-order chi connectivity index (χ1) is 10.3. The van der Waals surface area contributed by atoms with Crippen molar-refractivity contribution in [3.63, 3.8) is 0 Å². The van der Waals surface area contributed by atoms with Gasteiger partial charge in [-0.15, -0.1) is 0 Å². The van der Waals surface area contributed by atoms with E-state index in [1.165, 1.54) is 16.7 Å². The summed E-state index contributed by atoms with van der Waals surface area (Å²) in [6.45, 7) is 0.832. The maximum Gasteiger partial charge on any atom is 0.122 e. The molecule has 2 heterocycles. The van der Waals surface area contributed by atoms with Crippen molar-refractivity contribution >= 4 is 0 Å². The predicted molar refractivity (Wildman–Crippen MR) is 84.8 cm³/mol. The van der Waals surface area contributed by atoms with Crippen LogP contribution in [-0.4, -0.2) is 24.7 Å². The van der Waals surface area contributed by atoms with Crippen molar-refractivity contribution in [3.05, 3.63) is 59.4 Å². The van der Waals surface area contributed by atoms with E-state index in [4.69, 9.17) is 4.74 Å². The molecule has 0 saturated heterocycles. The van der Waals surface area contributed by atoms with Crippen LogP contribution >= 0.6 is 0 Å². The second-order valence-electron chi connectivity index (χ2n) is 5.63. The van der Waals surface area contributed by atoms with Crippen LogP contribution in [0.5, 0.6) is 5.75 Å². The molecule has 0 spiro atoms. The van der Waals surface area contributed by atoms with Crippen LogP contribution in [0, 0.1) is 0 Å². The topological polar surface area (TPSA) is 34.1 Å². The molecule has 0 aliphatic carbocycles. The number of rotatable bonds is 6. The standard InChI is InChI=1S/C18H22N2O/c1-19-17(12-15-3-2-9-20-13-15)6-4-14-5-7-18-16(11-14)8-10-21-18/h2-3,5,7,9,11,13,17,19H,4,6,8,10,12H2,1H3. The van der Waals surface area contributed by atoms with Gasteiger partial charge >= 0.3 is 0 Å². The lowest BCUT2D eigenvalue weighted by Gasteiger charge is -2.16. The molecule has 1 N–H and O–H groups in total. The summed E-state index contributed by atoms with van der Waals surface area (Å²) >= 11 is 0. The van der Waals surface area contributed by atoms with Gasteiger partial charge < -0.3 is 10.1 Å². The number of nitrogens with zero attached hydrogens (tertiary/aromatic N) is 1. The maximum atomic E-state index is 5.56. The molecule has 3 heteroatoms. The van der Waals surface area contributed by atoms with Gasteiger partial charge in [-0.25, -0.2) is 0 Å². The molecule has 1 aliphatic rings. The van der Waals surface area contributed by atoms with Crippen molar-refractivity contribution in [2.75, 3.05) is 13.7 Å². The number of hydrogen-bond donors (Lipinski definition) is 1. The Morgan fingerprint density at radius 2 is 2.24 bits per heavy atom. The van der Waals surface area contributed by atoms with E-state index in [9.17, 15) is 0 Å². The average molecular weight is 282 g/mol. The SMILES string of the molecule is CNC(CCc1ccc2c(c1)CCO2)Cc1cccnc1. The van der Waals surface area contributed by atoms with Crippen LogP contribution < -0.4 is 10.1 Å². The molecule has 0 radical (unpaired) electrons. The molecule has 0 saturated carbocycles. The summed E-state index contributed by atoms with van der Waals surface area (Å²) in [5, 5.41) is 3.42. The highest BCUT2D eigenvalue weighted by Crippen LogP contribution is 2.26. The van der Waals surface area contributed by atoms with Crippen LogP contribution in [0.15, 0.2) is 42.7 Å².